The monoisotopic (exact) mass is 376 g/mol. The minimum Gasteiger partial charge on any atom is -0.468 e. The van der Waals surface area contributed by atoms with E-state index in [0.29, 0.717) is 25.9 Å². The summed E-state index contributed by atoms with van der Waals surface area (Å²) in [6, 6.07) is -0.948. The molecule has 144 valence electrons. The largest absolute Gasteiger partial charge is 0.468 e. The molecule has 0 spiro atoms. The molecular weight excluding hydrogens is 348 g/mol. The Morgan fingerprint density at radius 3 is 2.28 bits per heavy atom. The molecule has 9 heteroatoms. The van der Waals surface area contributed by atoms with Crippen molar-refractivity contribution in [3.05, 3.63) is 11.6 Å². The van der Waals surface area contributed by atoms with Gasteiger partial charge in [-0.1, -0.05) is 11.6 Å². The molecule has 0 aromatic heterocycles. The Labute approximate surface area is 149 Å². The van der Waals surface area contributed by atoms with Crippen LogP contribution in [0.25, 0.3) is 0 Å². The summed E-state index contributed by atoms with van der Waals surface area (Å²) in [6.07, 6.45) is 4.03. The third-order valence-corrected chi connectivity index (χ3v) is 4.25. The zero-order valence-electron chi connectivity index (χ0n) is 15.5. The van der Waals surface area contributed by atoms with Crippen molar-refractivity contribution in [2.24, 2.45) is 0 Å². The van der Waals surface area contributed by atoms with Gasteiger partial charge in [0.15, 0.2) is 0 Å². The molecule has 1 saturated heterocycles. The van der Waals surface area contributed by atoms with Crippen LogP contribution in [0.15, 0.2) is 11.6 Å². The number of esters is 1. The molecule has 0 saturated carbocycles. The van der Waals surface area contributed by atoms with Gasteiger partial charge in [0, 0.05) is 13.1 Å². The van der Waals surface area contributed by atoms with Crippen molar-refractivity contribution < 1.29 is 27.5 Å². The Bertz CT molecular complexity index is 611. The zero-order valence-corrected chi connectivity index (χ0v) is 16.3. The number of amides is 1. The number of likely N-dealkylation sites (tertiary alicyclic amines) is 1. The van der Waals surface area contributed by atoms with Crippen molar-refractivity contribution >= 4 is 22.1 Å². The van der Waals surface area contributed by atoms with Gasteiger partial charge in [-0.25, -0.2) is 17.9 Å². The lowest BCUT2D eigenvalue weighted by molar-refractivity contribution is -0.142. The second-order valence-corrected chi connectivity index (χ2v) is 8.81. The molecule has 1 aliphatic rings. The van der Waals surface area contributed by atoms with E-state index >= 15 is 0 Å². The van der Waals surface area contributed by atoms with Crippen molar-refractivity contribution in [3.8, 4) is 0 Å². The fourth-order valence-corrected chi connectivity index (χ4v) is 3.09. The molecule has 1 rings (SSSR count). The van der Waals surface area contributed by atoms with E-state index < -0.39 is 27.6 Å². The van der Waals surface area contributed by atoms with Gasteiger partial charge in [0.25, 0.3) is 0 Å². The van der Waals surface area contributed by atoms with Crippen molar-refractivity contribution in [2.75, 3.05) is 26.5 Å². The summed E-state index contributed by atoms with van der Waals surface area (Å²) < 4.78 is 34.9. The smallest absolute Gasteiger partial charge is 0.410 e. The number of carbonyl (C=O) groups excluding carboxylic acids is 2. The maximum absolute atomic E-state index is 12.0. The number of hydrogen-bond acceptors (Lipinski definition) is 6. The fraction of sp³-hybridized carbons (Fsp3) is 0.750. The minimum absolute atomic E-state index is 0.210. The van der Waals surface area contributed by atoms with E-state index in [1.54, 1.807) is 4.90 Å². The predicted octanol–water partition coefficient (Wildman–Crippen LogP) is 1.42. The average Bonchev–Trinajstić information content (AvgIpc) is 2.48. The number of piperidine rings is 1. The molecular formula is C16H28N2O6S. The maximum atomic E-state index is 12.0. The van der Waals surface area contributed by atoms with Gasteiger partial charge in [0.2, 0.25) is 10.0 Å². The van der Waals surface area contributed by atoms with E-state index in [9.17, 15) is 18.0 Å². The van der Waals surface area contributed by atoms with Gasteiger partial charge in [-0.15, -0.1) is 0 Å². The second-order valence-electron chi connectivity index (χ2n) is 7.03. The molecule has 0 aromatic carbocycles. The molecule has 8 nitrogen and oxygen atoms in total. The van der Waals surface area contributed by atoms with Crippen LogP contribution in [0, 0.1) is 0 Å². The van der Waals surface area contributed by atoms with E-state index in [-0.39, 0.29) is 12.5 Å². The van der Waals surface area contributed by atoms with Crippen LogP contribution in [0.1, 0.15) is 40.0 Å². The van der Waals surface area contributed by atoms with Gasteiger partial charge >= 0.3 is 12.1 Å². The lowest BCUT2D eigenvalue weighted by Gasteiger charge is -2.31. The quantitative estimate of drug-likeness (QED) is 0.575. The molecule has 1 heterocycles. The van der Waals surface area contributed by atoms with Crippen LogP contribution in [0.3, 0.4) is 0 Å². The number of sulfonamides is 1. The molecule has 0 bridgehead atoms. The first-order valence-corrected chi connectivity index (χ1v) is 10.0. The summed E-state index contributed by atoms with van der Waals surface area (Å²) in [5, 5.41) is 0. The number of nitrogens with zero attached hydrogens (tertiary/aromatic N) is 1. The van der Waals surface area contributed by atoms with Crippen LogP contribution in [0.5, 0.6) is 0 Å². The average molecular weight is 376 g/mol. The van der Waals surface area contributed by atoms with E-state index in [2.05, 4.69) is 9.46 Å². The van der Waals surface area contributed by atoms with Crippen LogP contribution in [-0.2, 0) is 24.3 Å². The molecule has 1 amide bonds. The Kier molecular flexibility index (Phi) is 7.43. The molecule has 0 aromatic rings. The van der Waals surface area contributed by atoms with Crippen molar-refractivity contribution in [1.29, 1.82) is 0 Å². The fourth-order valence-electron chi connectivity index (χ4n) is 2.38. The predicted molar refractivity (Wildman–Crippen MR) is 93.5 cm³/mol. The second kappa shape index (κ2) is 8.66. The molecule has 1 fully saturated rings. The van der Waals surface area contributed by atoms with Gasteiger partial charge in [-0.3, -0.25) is 4.79 Å². The van der Waals surface area contributed by atoms with Crippen molar-refractivity contribution in [1.82, 2.24) is 9.62 Å². The first-order valence-electron chi connectivity index (χ1n) is 8.12. The lowest BCUT2D eigenvalue weighted by atomic mass is 10.0. The highest BCUT2D eigenvalue weighted by atomic mass is 32.2. The Balaban J connectivity index is 2.60. The summed E-state index contributed by atoms with van der Waals surface area (Å²) in [5.41, 5.74) is 0.544. The first-order chi connectivity index (χ1) is 11.4. The minimum atomic E-state index is -3.52. The van der Waals surface area contributed by atoms with E-state index in [0.717, 1.165) is 11.8 Å². The zero-order chi connectivity index (χ0) is 19.3. The van der Waals surface area contributed by atoms with Crippen LogP contribution >= 0.6 is 0 Å². The number of methoxy groups -OCH3 is 1. The van der Waals surface area contributed by atoms with Gasteiger partial charge in [0.05, 0.1) is 13.4 Å². The summed E-state index contributed by atoms with van der Waals surface area (Å²) in [7, 11) is -2.30. The number of rotatable bonds is 5. The highest BCUT2D eigenvalue weighted by Crippen LogP contribution is 2.20. The lowest BCUT2D eigenvalue weighted by Crippen LogP contribution is -2.41. The van der Waals surface area contributed by atoms with E-state index in [4.69, 9.17) is 4.74 Å². The summed E-state index contributed by atoms with van der Waals surface area (Å²) >= 11 is 0. The number of ether oxygens (including phenoxy) is 2. The van der Waals surface area contributed by atoms with Crippen LogP contribution in [0.4, 0.5) is 4.79 Å². The molecule has 0 unspecified atom stereocenters. The van der Waals surface area contributed by atoms with Crippen LogP contribution < -0.4 is 4.72 Å². The standard InChI is InChI=1S/C16H28N2O6S/c1-16(2,3)24-15(20)18-10-8-12(9-11-18)6-7-13(14(19)23-4)17-25(5,21)22/h6,13,17H,7-11H2,1-5H3/t13-/m1/s1. The van der Waals surface area contributed by atoms with E-state index in [1.165, 1.54) is 7.11 Å². The highest BCUT2D eigenvalue weighted by Gasteiger charge is 2.26. The van der Waals surface area contributed by atoms with Gasteiger partial charge in [0.1, 0.15) is 11.6 Å². The molecule has 1 N–H and O–H groups in total. The Morgan fingerprint density at radius 1 is 1.28 bits per heavy atom. The van der Waals surface area contributed by atoms with Gasteiger partial charge < -0.3 is 14.4 Å². The Hall–Kier alpha value is -1.61. The number of carbonyl (C=O) groups is 2. The number of nitrogens with one attached hydrogen (secondary N) is 1. The highest BCUT2D eigenvalue weighted by molar-refractivity contribution is 7.88. The normalized spacial score (nSPS) is 17.0. The van der Waals surface area contributed by atoms with E-state index in [1.807, 2.05) is 26.8 Å². The number of hydrogen-bond donors (Lipinski definition) is 1. The Morgan fingerprint density at radius 2 is 1.84 bits per heavy atom. The SMILES string of the molecule is COC(=O)[C@@H](CC=C1CCN(C(=O)OC(C)(C)C)CC1)NS(C)(=O)=O. The molecule has 1 aliphatic heterocycles. The maximum Gasteiger partial charge on any atom is 0.410 e. The molecule has 25 heavy (non-hydrogen) atoms. The summed E-state index contributed by atoms with van der Waals surface area (Å²) in [4.78, 5) is 25.4. The summed E-state index contributed by atoms with van der Waals surface area (Å²) in [5.74, 6) is -0.631. The molecule has 0 radical (unpaired) electrons. The van der Waals surface area contributed by atoms with Gasteiger partial charge in [-0.2, -0.15) is 0 Å². The topological polar surface area (TPSA) is 102 Å². The third-order valence-electron chi connectivity index (χ3n) is 3.54. The van der Waals surface area contributed by atoms with Crippen molar-refractivity contribution in [2.45, 2.75) is 51.7 Å². The molecule has 1 atom stereocenters. The van der Waals surface area contributed by atoms with Gasteiger partial charge in [-0.05, 0) is 40.0 Å². The van der Waals surface area contributed by atoms with Crippen molar-refractivity contribution in [3.63, 3.8) is 0 Å². The van der Waals surface area contributed by atoms with Crippen LogP contribution in [0.2, 0.25) is 0 Å². The first kappa shape index (κ1) is 21.4. The third kappa shape index (κ3) is 8.35. The van der Waals surface area contributed by atoms with Crippen LogP contribution in [-0.4, -0.2) is 63.5 Å². The summed E-state index contributed by atoms with van der Waals surface area (Å²) in [6.45, 7) is 6.53. The molecule has 0 aliphatic carbocycles.